The molecule has 0 N–H and O–H groups in total. The Kier molecular flexibility index (Phi) is 5.03. The molecule has 0 aliphatic carbocycles. The zero-order chi connectivity index (χ0) is 20.4. The van der Waals surface area contributed by atoms with Gasteiger partial charge in [-0.15, -0.1) is 5.10 Å². The normalized spacial score (nSPS) is 15.6. The van der Waals surface area contributed by atoms with Gasteiger partial charge in [0.05, 0.1) is 0 Å². The Morgan fingerprint density at radius 2 is 1.90 bits per heavy atom. The van der Waals surface area contributed by atoms with Crippen molar-refractivity contribution >= 4 is 5.95 Å². The Morgan fingerprint density at radius 3 is 2.59 bits per heavy atom. The highest BCUT2D eigenvalue weighted by Crippen LogP contribution is 2.29. The highest BCUT2D eigenvalue weighted by atomic mass is 19.4. The van der Waals surface area contributed by atoms with Crippen LogP contribution in [-0.4, -0.2) is 42.6 Å². The first-order valence-electron chi connectivity index (χ1n) is 9.13. The lowest BCUT2D eigenvalue weighted by Gasteiger charge is -2.32. The molecule has 0 saturated carbocycles. The monoisotopic (exact) mass is 405 g/mol. The number of nitrogens with zero attached hydrogens (tertiary/aromatic N) is 7. The lowest BCUT2D eigenvalue weighted by molar-refractivity contribution is -0.141. The maximum Gasteiger partial charge on any atom is 0.433 e. The maximum absolute atomic E-state index is 12.9. The molecule has 152 valence electrons. The number of halogens is 3. The molecule has 29 heavy (non-hydrogen) atoms. The summed E-state index contributed by atoms with van der Waals surface area (Å²) >= 11 is 0. The van der Waals surface area contributed by atoms with Crippen molar-refractivity contribution in [2.24, 2.45) is 5.92 Å². The summed E-state index contributed by atoms with van der Waals surface area (Å²) in [6, 6.07) is 5.69. The van der Waals surface area contributed by atoms with Crippen LogP contribution in [-0.2, 0) is 12.7 Å². The first-order valence-corrected chi connectivity index (χ1v) is 9.13. The number of alkyl halides is 3. The van der Waals surface area contributed by atoms with Crippen LogP contribution in [0, 0.1) is 5.92 Å². The molecule has 1 aliphatic heterocycles. The van der Waals surface area contributed by atoms with Gasteiger partial charge in [-0.05, 0) is 37.0 Å². The van der Waals surface area contributed by atoms with Gasteiger partial charge in [-0.3, -0.25) is 4.79 Å². The molecule has 0 spiro atoms. The van der Waals surface area contributed by atoms with Crippen molar-refractivity contribution in [2.75, 3.05) is 18.0 Å². The molecule has 0 bridgehead atoms. The molecule has 0 radical (unpaired) electrons. The first-order chi connectivity index (χ1) is 13.9. The number of hydrogen-bond donors (Lipinski definition) is 0. The maximum atomic E-state index is 12.9. The van der Waals surface area contributed by atoms with E-state index in [-0.39, 0.29) is 17.4 Å². The van der Waals surface area contributed by atoms with Gasteiger partial charge in [0, 0.05) is 44.3 Å². The molecule has 8 nitrogen and oxygen atoms in total. The average molecular weight is 405 g/mol. The van der Waals surface area contributed by atoms with Crippen LogP contribution >= 0.6 is 0 Å². The largest absolute Gasteiger partial charge is 0.433 e. The summed E-state index contributed by atoms with van der Waals surface area (Å²) in [6.45, 7) is 1.46. The predicted octanol–water partition coefficient (Wildman–Crippen LogP) is 2.15. The van der Waals surface area contributed by atoms with Crippen LogP contribution in [0.1, 0.15) is 18.5 Å². The first kappa shape index (κ1) is 19.1. The molecule has 1 fully saturated rings. The molecule has 1 saturated heterocycles. The van der Waals surface area contributed by atoms with E-state index in [4.69, 9.17) is 0 Å². The standard InChI is InChI=1S/C18H18F3N7O/c19-18(20,21)14-4-8-22-17(24-14)26-10-5-13(6-11-26)12-28-16(29)3-2-15(25-28)27-9-1-7-23-27/h1-4,7-9,13H,5-6,10-12H2. The summed E-state index contributed by atoms with van der Waals surface area (Å²) in [7, 11) is 0. The zero-order valence-corrected chi connectivity index (χ0v) is 15.3. The van der Waals surface area contributed by atoms with Crippen molar-refractivity contribution in [1.82, 2.24) is 29.5 Å². The Bertz CT molecular complexity index is 1020. The van der Waals surface area contributed by atoms with E-state index in [1.165, 1.54) is 10.7 Å². The van der Waals surface area contributed by atoms with Crippen LogP contribution in [0.25, 0.3) is 5.82 Å². The van der Waals surface area contributed by atoms with Gasteiger partial charge in [0.1, 0.15) is 5.69 Å². The molecule has 3 aromatic heterocycles. The third kappa shape index (κ3) is 4.28. The second-order valence-electron chi connectivity index (χ2n) is 6.83. The van der Waals surface area contributed by atoms with Gasteiger partial charge < -0.3 is 4.90 Å². The summed E-state index contributed by atoms with van der Waals surface area (Å²) < 4.78 is 41.6. The highest BCUT2D eigenvalue weighted by molar-refractivity contribution is 5.31. The fourth-order valence-electron chi connectivity index (χ4n) is 3.31. The molecule has 0 amide bonds. The predicted molar refractivity (Wildman–Crippen MR) is 97.6 cm³/mol. The average Bonchev–Trinajstić information content (AvgIpc) is 3.25. The second kappa shape index (κ2) is 7.64. The van der Waals surface area contributed by atoms with Crippen molar-refractivity contribution in [3.63, 3.8) is 0 Å². The molecular weight excluding hydrogens is 387 g/mol. The summed E-state index contributed by atoms with van der Waals surface area (Å²) in [5.41, 5.74) is -1.15. The highest BCUT2D eigenvalue weighted by Gasteiger charge is 2.33. The number of piperidine rings is 1. The number of aromatic nitrogens is 6. The SMILES string of the molecule is O=c1ccc(-n2cccn2)nn1CC1CCN(c2nccc(C(F)(F)F)n2)CC1. The van der Waals surface area contributed by atoms with E-state index < -0.39 is 11.9 Å². The van der Waals surface area contributed by atoms with Crippen molar-refractivity contribution in [3.05, 3.63) is 58.9 Å². The molecule has 4 rings (SSSR count). The van der Waals surface area contributed by atoms with Crippen molar-refractivity contribution in [3.8, 4) is 5.82 Å². The van der Waals surface area contributed by atoms with Gasteiger partial charge in [-0.2, -0.15) is 18.3 Å². The lowest BCUT2D eigenvalue weighted by Crippen LogP contribution is -2.38. The van der Waals surface area contributed by atoms with Crippen LogP contribution in [0.15, 0.2) is 47.7 Å². The topological polar surface area (TPSA) is 81.7 Å². The minimum atomic E-state index is -4.50. The summed E-state index contributed by atoms with van der Waals surface area (Å²) in [6.07, 6.45) is 1.39. The quantitative estimate of drug-likeness (QED) is 0.662. The van der Waals surface area contributed by atoms with Gasteiger partial charge in [0.2, 0.25) is 5.95 Å². The Labute approximate surface area is 163 Å². The number of rotatable bonds is 4. The molecule has 1 aliphatic rings. The van der Waals surface area contributed by atoms with E-state index >= 15 is 0 Å². The van der Waals surface area contributed by atoms with Crippen LogP contribution in [0.4, 0.5) is 19.1 Å². The van der Waals surface area contributed by atoms with E-state index in [1.807, 2.05) is 0 Å². The lowest BCUT2D eigenvalue weighted by atomic mass is 9.97. The third-order valence-corrected chi connectivity index (χ3v) is 4.85. The van der Waals surface area contributed by atoms with E-state index in [2.05, 4.69) is 20.2 Å². The van der Waals surface area contributed by atoms with Crippen LogP contribution in [0.2, 0.25) is 0 Å². The molecule has 4 heterocycles. The van der Waals surface area contributed by atoms with Gasteiger partial charge in [-0.25, -0.2) is 19.3 Å². The van der Waals surface area contributed by atoms with Crippen molar-refractivity contribution in [2.45, 2.75) is 25.6 Å². The Morgan fingerprint density at radius 1 is 1.10 bits per heavy atom. The molecule has 3 aromatic rings. The zero-order valence-electron chi connectivity index (χ0n) is 15.3. The molecular formula is C18H18F3N7O. The summed E-state index contributed by atoms with van der Waals surface area (Å²) in [5, 5.41) is 8.48. The second-order valence-corrected chi connectivity index (χ2v) is 6.83. The third-order valence-electron chi connectivity index (χ3n) is 4.85. The molecule has 0 unspecified atom stereocenters. The fraction of sp³-hybridized carbons (Fsp3) is 0.389. The van der Waals surface area contributed by atoms with E-state index in [0.717, 1.165) is 12.3 Å². The fourth-order valence-corrected chi connectivity index (χ4v) is 3.31. The van der Waals surface area contributed by atoms with Crippen molar-refractivity contribution < 1.29 is 13.2 Å². The Balaban J connectivity index is 1.42. The van der Waals surface area contributed by atoms with Crippen molar-refractivity contribution in [1.29, 1.82) is 0 Å². The van der Waals surface area contributed by atoms with E-state index in [0.29, 0.717) is 38.3 Å². The van der Waals surface area contributed by atoms with E-state index in [9.17, 15) is 18.0 Å². The minimum absolute atomic E-state index is 0.0780. The smallest absolute Gasteiger partial charge is 0.341 e. The van der Waals surface area contributed by atoms with Gasteiger partial charge >= 0.3 is 6.18 Å². The minimum Gasteiger partial charge on any atom is -0.341 e. The summed E-state index contributed by atoms with van der Waals surface area (Å²) in [5.74, 6) is 0.800. The number of anilines is 1. The Hall–Kier alpha value is -3.24. The van der Waals surface area contributed by atoms with Gasteiger partial charge in [0.15, 0.2) is 5.82 Å². The molecule has 0 atom stereocenters. The molecule has 0 aromatic carbocycles. The summed E-state index contributed by atoms with van der Waals surface area (Å²) in [4.78, 5) is 21.5. The van der Waals surface area contributed by atoms with Crippen LogP contribution < -0.4 is 10.5 Å². The van der Waals surface area contributed by atoms with E-state index in [1.54, 1.807) is 34.1 Å². The van der Waals surface area contributed by atoms with Gasteiger partial charge in [0.25, 0.3) is 5.56 Å². The number of hydrogen-bond acceptors (Lipinski definition) is 6. The molecule has 11 heteroatoms. The van der Waals surface area contributed by atoms with Gasteiger partial charge in [-0.1, -0.05) is 0 Å². The van der Waals surface area contributed by atoms with Crippen LogP contribution in [0.3, 0.4) is 0 Å². The van der Waals surface area contributed by atoms with Crippen LogP contribution in [0.5, 0.6) is 0 Å².